The van der Waals surface area contributed by atoms with E-state index in [0.29, 0.717) is 5.92 Å². The van der Waals surface area contributed by atoms with Gasteiger partial charge in [-0.25, -0.2) is 0 Å². The lowest BCUT2D eigenvalue weighted by atomic mass is 9.95. The number of hydrogen-bond acceptors (Lipinski definition) is 0. The van der Waals surface area contributed by atoms with E-state index in [0.717, 1.165) is 6.42 Å². The fourth-order valence-electron chi connectivity index (χ4n) is 3.66. The van der Waals surface area contributed by atoms with Crippen LogP contribution in [-0.2, 0) is 12.8 Å². The zero-order valence-electron chi connectivity index (χ0n) is 12.3. The highest BCUT2D eigenvalue weighted by atomic mass is 14.2. The molecule has 2 aromatic carbocycles. The SMILES string of the molecule is C1=CC(CCCc2cccc3c2Cc2ccccc2-3)C=C1. The van der Waals surface area contributed by atoms with Crippen molar-refractivity contribution in [1.29, 1.82) is 0 Å². The molecular weight excluding hydrogens is 252 g/mol. The highest BCUT2D eigenvalue weighted by Crippen LogP contribution is 2.38. The molecule has 21 heavy (non-hydrogen) atoms. The van der Waals surface area contributed by atoms with Gasteiger partial charge in [0.05, 0.1) is 0 Å². The minimum atomic E-state index is 0.666. The summed E-state index contributed by atoms with van der Waals surface area (Å²) in [5.74, 6) is 0.666. The van der Waals surface area contributed by atoms with Crippen LogP contribution in [-0.4, -0.2) is 0 Å². The normalized spacial score (nSPS) is 15.4. The molecule has 2 aliphatic rings. The van der Waals surface area contributed by atoms with Gasteiger partial charge in [0.15, 0.2) is 0 Å². The topological polar surface area (TPSA) is 0 Å². The molecule has 4 rings (SSSR count). The van der Waals surface area contributed by atoms with Crippen LogP contribution in [0.15, 0.2) is 66.8 Å². The van der Waals surface area contributed by atoms with Gasteiger partial charge in [-0.2, -0.15) is 0 Å². The molecule has 0 radical (unpaired) electrons. The summed E-state index contributed by atoms with van der Waals surface area (Å²) in [5.41, 5.74) is 7.51. The molecule has 0 atom stereocenters. The molecule has 0 unspecified atom stereocenters. The first-order valence-corrected chi connectivity index (χ1v) is 7.96. The highest BCUT2D eigenvalue weighted by Gasteiger charge is 2.19. The van der Waals surface area contributed by atoms with Gasteiger partial charge < -0.3 is 0 Å². The Hall–Kier alpha value is -2.08. The average molecular weight is 272 g/mol. The Labute approximate surface area is 126 Å². The van der Waals surface area contributed by atoms with E-state index in [2.05, 4.69) is 66.8 Å². The molecule has 2 aromatic rings. The average Bonchev–Trinajstić information content (AvgIpc) is 3.15. The zero-order chi connectivity index (χ0) is 14.1. The first-order valence-electron chi connectivity index (χ1n) is 7.96. The van der Waals surface area contributed by atoms with E-state index in [1.54, 1.807) is 11.1 Å². The van der Waals surface area contributed by atoms with Crippen LogP contribution < -0.4 is 0 Å². The van der Waals surface area contributed by atoms with Gasteiger partial charge in [-0.3, -0.25) is 0 Å². The van der Waals surface area contributed by atoms with Crippen LogP contribution in [0.3, 0.4) is 0 Å². The Bertz CT molecular complexity index is 707. The summed E-state index contributed by atoms with van der Waals surface area (Å²) in [6, 6.07) is 15.7. The summed E-state index contributed by atoms with van der Waals surface area (Å²) in [4.78, 5) is 0. The largest absolute Gasteiger partial charge is 0.0776 e. The van der Waals surface area contributed by atoms with Gasteiger partial charge in [-0.1, -0.05) is 66.8 Å². The van der Waals surface area contributed by atoms with Crippen molar-refractivity contribution in [2.24, 2.45) is 5.92 Å². The Balaban J connectivity index is 1.53. The van der Waals surface area contributed by atoms with E-state index >= 15 is 0 Å². The van der Waals surface area contributed by atoms with Gasteiger partial charge in [0.1, 0.15) is 0 Å². The third-order valence-corrected chi connectivity index (χ3v) is 4.76. The predicted octanol–water partition coefficient (Wildman–Crippen LogP) is 5.32. The second-order valence-electron chi connectivity index (χ2n) is 6.10. The highest BCUT2D eigenvalue weighted by molar-refractivity contribution is 5.77. The molecule has 0 heterocycles. The lowest BCUT2D eigenvalue weighted by Gasteiger charge is -2.10. The minimum absolute atomic E-state index is 0.666. The van der Waals surface area contributed by atoms with Gasteiger partial charge in [0.25, 0.3) is 0 Å². The molecule has 0 spiro atoms. The van der Waals surface area contributed by atoms with E-state index in [1.165, 1.54) is 36.0 Å². The van der Waals surface area contributed by atoms with Crippen LogP contribution in [0.4, 0.5) is 0 Å². The second kappa shape index (κ2) is 5.37. The molecule has 0 N–H and O–H groups in total. The molecular formula is C21H20. The number of hydrogen-bond donors (Lipinski definition) is 0. The first kappa shape index (κ1) is 12.6. The summed E-state index contributed by atoms with van der Waals surface area (Å²) < 4.78 is 0. The third kappa shape index (κ3) is 2.35. The number of aryl methyl sites for hydroxylation is 1. The van der Waals surface area contributed by atoms with Gasteiger partial charge in [-0.05, 0) is 59.4 Å². The molecule has 0 heteroatoms. The molecule has 0 saturated carbocycles. The molecule has 0 nitrogen and oxygen atoms in total. The van der Waals surface area contributed by atoms with E-state index in [9.17, 15) is 0 Å². The lowest BCUT2D eigenvalue weighted by molar-refractivity contribution is 0.657. The van der Waals surface area contributed by atoms with Gasteiger partial charge in [-0.15, -0.1) is 0 Å². The molecule has 0 saturated heterocycles. The Morgan fingerprint density at radius 2 is 1.67 bits per heavy atom. The fourth-order valence-corrected chi connectivity index (χ4v) is 3.66. The number of benzene rings is 2. The van der Waals surface area contributed by atoms with E-state index in [-0.39, 0.29) is 0 Å². The maximum Gasteiger partial charge on any atom is -0.00107 e. The van der Waals surface area contributed by atoms with Crippen molar-refractivity contribution >= 4 is 0 Å². The Kier molecular flexibility index (Phi) is 3.23. The lowest BCUT2D eigenvalue weighted by Crippen LogP contribution is -1.96. The summed E-state index contributed by atoms with van der Waals surface area (Å²) >= 11 is 0. The van der Waals surface area contributed by atoms with Crippen LogP contribution in [0, 0.1) is 5.92 Å². The molecule has 104 valence electrons. The molecule has 0 fully saturated rings. The smallest absolute Gasteiger partial charge is 0.00107 e. The molecule has 0 bridgehead atoms. The van der Waals surface area contributed by atoms with Crippen molar-refractivity contribution in [2.45, 2.75) is 25.7 Å². The summed E-state index contributed by atoms with van der Waals surface area (Å²) in [5, 5.41) is 0. The van der Waals surface area contributed by atoms with E-state index < -0.39 is 0 Å². The molecule has 0 aliphatic heterocycles. The number of rotatable bonds is 4. The first-order chi connectivity index (χ1) is 10.4. The van der Waals surface area contributed by atoms with Gasteiger partial charge in [0, 0.05) is 0 Å². The monoisotopic (exact) mass is 272 g/mol. The third-order valence-electron chi connectivity index (χ3n) is 4.76. The zero-order valence-corrected chi connectivity index (χ0v) is 12.3. The summed E-state index contributed by atoms with van der Waals surface area (Å²) in [6.45, 7) is 0. The fraction of sp³-hybridized carbons (Fsp3) is 0.238. The van der Waals surface area contributed by atoms with E-state index in [1.807, 2.05) is 0 Å². The maximum atomic E-state index is 2.32. The van der Waals surface area contributed by atoms with Crippen molar-refractivity contribution in [3.05, 3.63) is 83.5 Å². The van der Waals surface area contributed by atoms with Crippen molar-refractivity contribution in [3.63, 3.8) is 0 Å². The standard InChI is InChI=1S/C21H20/c1-2-8-16(7-1)9-5-11-17-12-6-14-20-19-13-4-3-10-18(19)15-21(17)20/h1-4,6-8,10,12-14,16H,5,9,11,15H2. The Morgan fingerprint density at radius 1 is 0.857 bits per heavy atom. The van der Waals surface area contributed by atoms with Gasteiger partial charge >= 0.3 is 0 Å². The molecule has 2 aliphatic carbocycles. The minimum Gasteiger partial charge on any atom is -0.0776 e. The van der Waals surface area contributed by atoms with Crippen LogP contribution in [0.2, 0.25) is 0 Å². The quantitative estimate of drug-likeness (QED) is 0.602. The van der Waals surface area contributed by atoms with Gasteiger partial charge in [0.2, 0.25) is 0 Å². The molecule has 0 aromatic heterocycles. The maximum absolute atomic E-state index is 2.32. The van der Waals surface area contributed by atoms with Crippen LogP contribution in [0.1, 0.15) is 29.5 Å². The summed E-state index contributed by atoms with van der Waals surface area (Å²) in [7, 11) is 0. The van der Waals surface area contributed by atoms with Crippen molar-refractivity contribution in [3.8, 4) is 11.1 Å². The Morgan fingerprint density at radius 3 is 2.57 bits per heavy atom. The van der Waals surface area contributed by atoms with Crippen molar-refractivity contribution < 1.29 is 0 Å². The number of fused-ring (bicyclic) bond motifs is 3. The van der Waals surface area contributed by atoms with Crippen LogP contribution in [0.25, 0.3) is 11.1 Å². The predicted molar refractivity (Wildman–Crippen MR) is 89.4 cm³/mol. The van der Waals surface area contributed by atoms with Crippen molar-refractivity contribution in [1.82, 2.24) is 0 Å². The summed E-state index contributed by atoms with van der Waals surface area (Å²) in [6.07, 6.45) is 13.8. The number of allylic oxidation sites excluding steroid dienone is 4. The van der Waals surface area contributed by atoms with Crippen LogP contribution >= 0.6 is 0 Å². The second-order valence-corrected chi connectivity index (χ2v) is 6.10. The molecule has 0 amide bonds. The van der Waals surface area contributed by atoms with E-state index in [4.69, 9.17) is 0 Å². The van der Waals surface area contributed by atoms with Crippen molar-refractivity contribution in [2.75, 3.05) is 0 Å². The van der Waals surface area contributed by atoms with Crippen LogP contribution in [0.5, 0.6) is 0 Å².